The Morgan fingerprint density at radius 3 is 2.94 bits per heavy atom. The van der Waals surface area contributed by atoms with Gasteiger partial charge in [-0.3, -0.25) is 0 Å². The van der Waals surface area contributed by atoms with Crippen molar-refractivity contribution in [1.82, 2.24) is 14.9 Å². The molecule has 0 aromatic carbocycles. The Kier molecular flexibility index (Phi) is 5.13. The maximum atomic E-state index is 4.32. The van der Waals surface area contributed by atoms with E-state index in [0.717, 1.165) is 24.7 Å². The lowest BCUT2D eigenvalue weighted by Crippen LogP contribution is -2.29. The normalized spacial score (nSPS) is 26.2. The van der Waals surface area contributed by atoms with Crippen LogP contribution in [0, 0.1) is 11.8 Å². The van der Waals surface area contributed by atoms with Crippen LogP contribution >= 0.6 is 11.5 Å². The van der Waals surface area contributed by atoms with Gasteiger partial charge >= 0.3 is 0 Å². The largest absolute Gasteiger partial charge is 0.312 e. The van der Waals surface area contributed by atoms with Crippen molar-refractivity contribution in [3.63, 3.8) is 0 Å². The minimum absolute atomic E-state index is 0.467. The van der Waals surface area contributed by atoms with Crippen LogP contribution in [0.4, 0.5) is 0 Å². The first-order valence-corrected chi connectivity index (χ1v) is 8.02. The highest BCUT2D eigenvalue weighted by Crippen LogP contribution is 2.38. The molecule has 1 aliphatic carbocycles. The third-order valence-electron chi connectivity index (χ3n) is 4.11. The fraction of sp³-hybridized carbons (Fsp3) is 0.857. The van der Waals surface area contributed by atoms with Crippen LogP contribution in [0.5, 0.6) is 0 Å². The van der Waals surface area contributed by atoms with Gasteiger partial charge in [-0.25, -0.2) is 0 Å². The highest BCUT2D eigenvalue weighted by atomic mass is 32.1. The lowest BCUT2D eigenvalue weighted by atomic mass is 9.78. The summed E-state index contributed by atoms with van der Waals surface area (Å²) in [5, 5.41) is 7.84. The van der Waals surface area contributed by atoms with Crippen LogP contribution in [0.25, 0.3) is 0 Å². The second-order valence-electron chi connectivity index (χ2n) is 5.63. The highest BCUT2D eigenvalue weighted by molar-refractivity contribution is 7.05. The molecule has 1 aromatic heterocycles. The molecule has 0 aliphatic heterocycles. The van der Waals surface area contributed by atoms with Gasteiger partial charge in [0.1, 0.15) is 0 Å². The molecule has 2 rings (SSSR count). The molecule has 0 bridgehead atoms. The summed E-state index contributed by atoms with van der Waals surface area (Å²) in [7, 11) is 2.08. The minimum Gasteiger partial charge on any atom is -0.312 e. The van der Waals surface area contributed by atoms with Gasteiger partial charge in [-0.2, -0.15) is 0 Å². The summed E-state index contributed by atoms with van der Waals surface area (Å²) in [6.45, 7) is 4.59. The van der Waals surface area contributed by atoms with E-state index in [1.807, 2.05) is 0 Å². The Hall–Kier alpha value is -0.480. The summed E-state index contributed by atoms with van der Waals surface area (Å²) >= 11 is 1.59. The first kappa shape index (κ1) is 13.9. The highest BCUT2D eigenvalue weighted by Gasteiger charge is 2.29. The van der Waals surface area contributed by atoms with E-state index in [1.165, 1.54) is 36.3 Å². The molecular weight excluding hydrogens is 242 g/mol. The zero-order valence-corrected chi connectivity index (χ0v) is 12.6. The molecule has 0 spiro atoms. The zero-order valence-electron chi connectivity index (χ0n) is 11.8. The molecule has 3 unspecified atom stereocenters. The smallest absolute Gasteiger partial charge is 0.0803 e. The second-order valence-corrected chi connectivity index (χ2v) is 6.42. The van der Waals surface area contributed by atoms with Crippen molar-refractivity contribution in [2.24, 2.45) is 11.8 Å². The molecule has 0 saturated heterocycles. The molecule has 1 saturated carbocycles. The van der Waals surface area contributed by atoms with Gasteiger partial charge in [-0.05, 0) is 49.7 Å². The summed E-state index contributed by atoms with van der Waals surface area (Å²) < 4.78 is 4.18. The van der Waals surface area contributed by atoms with Crippen molar-refractivity contribution in [2.45, 2.75) is 58.4 Å². The van der Waals surface area contributed by atoms with E-state index in [0.29, 0.717) is 6.04 Å². The van der Waals surface area contributed by atoms with E-state index in [4.69, 9.17) is 0 Å². The predicted octanol–water partition coefficient (Wildman–Crippen LogP) is 3.58. The molecule has 1 N–H and O–H groups in total. The number of aromatic nitrogens is 2. The lowest BCUT2D eigenvalue weighted by Gasteiger charge is -2.32. The number of hydrogen-bond acceptors (Lipinski definition) is 4. The molecule has 1 aromatic rings. The van der Waals surface area contributed by atoms with Crippen LogP contribution in [0.1, 0.15) is 62.6 Å². The maximum absolute atomic E-state index is 4.32. The van der Waals surface area contributed by atoms with E-state index in [1.54, 1.807) is 11.5 Å². The van der Waals surface area contributed by atoms with Gasteiger partial charge in [0.25, 0.3) is 0 Å². The van der Waals surface area contributed by atoms with Crippen LogP contribution < -0.4 is 5.32 Å². The predicted molar refractivity (Wildman–Crippen MR) is 76.8 cm³/mol. The van der Waals surface area contributed by atoms with Crippen LogP contribution in [-0.4, -0.2) is 16.6 Å². The van der Waals surface area contributed by atoms with Crippen LogP contribution in [0.2, 0.25) is 0 Å². The fourth-order valence-corrected chi connectivity index (χ4v) is 4.13. The van der Waals surface area contributed by atoms with Gasteiger partial charge in [0.05, 0.1) is 10.6 Å². The Labute approximate surface area is 115 Å². The Morgan fingerprint density at radius 1 is 1.44 bits per heavy atom. The Balaban J connectivity index is 2.13. The Morgan fingerprint density at radius 2 is 2.28 bits per heavy atom. The zero-order chi connectivity index (χ0) is 13.0. The minimum atomic E-state index is 0.467. The van der Waals surface area contributed by atoms with Crippen LogP contribution in [0.3, 0.4) is 0 Å². The third kappa shape index (κ3) is 3.09. The monoisotopic (exact) mass is 267 g/mol. The standard InChI is InChI=1S/C14H25N3S/c1-4-6-12-14(18-17-16-12)13(15-3)11-8-5-7-10(2)9-11/h10-11,13,15H,4-9H2,1-3H3. The molecule has 0 amide bonds. The van der Waals surface area contributed by atoms with Gasteiger partial charge in [0.15, 0.2) is 0 Å². The molecule has 102 valence electrons. The van der Waals surface area contributed by atoms with Gasteiger partial charge in [-0.1, -0.05) is 37.6 Å². The SMILES string of the molecule is CCCc1nnsc1C(NC)C1CCCC(C)C1. The van der Waals surface area contributed by atoms with Gasteiger partial charge in [-0.15, -0.1) is 5.10 Å². The molecule has 3 nitrogen and oxygen atoms in total. The number of nitrogens with zero attached hydrogens (tertiary/aromatic N) is 2. The van der Waals surface area contributed by atoms with Crippen molar-refractivity contribution in [3.8, 4) is 0 Å². The number of nitrogens with one attached hydrogen (secondary N) is 1. The molecule has 4 heteroatoms. The summed E-state index contributed by atoms with van der Waals surface area (Å²) in [6.07, 6.45) is 7.67. The average molecular weight is 267 g/mol. The van der Waals surface area contributed by atoms with E-state index < -0.39 is 0 Å². The van der Waals surface area contributed by atoms with Crippen LogP contribution in [-0.2, 0) is 6.42 Å². The number of hydrogen-bond donors (Lipinski definition) is 1. The molecular formula is C14H25N3S. The fourth-order valence-electron chi connectivity index (χ4n) is 3.23. The lowest BCUT2D eigenvalue weighted by molar-refractivity contribution is 0.231. The van der Waals surface area contributed by atoms with Crippen molar-refractivity contribution in [2.75, 3.05) is 7.05 Å². The van der Waals surface area contributed by atoms with E-state index in [2.05, 4.69) is 35.8 Å². The van der Waals surface area contributed by atoms with Crippen molar-refractivity contribution < 1.29 is 0 Å². The van der Waals surface area contributed by atoms with Gasteiger partial charge < -0.3 is 5.32 Å². The average Bonchev–Trinajstić information content (AvgIpc) is 2.79. The second kappa shape index (κ2) is 6.62. The first-order chi connectivity index (χ1) is 8.76. The van der Waals surface area contributed by atoms with Crippen molar-refractivity contribution in [1.29, 1.82) is 0 Å². The molecule has 1 fully saturated rings. The van der Waals surface area contributed by atoms with Crippen LogP contribution in [0.15, 0.2) is 0 Å². The van der Waals surface area contributed by atoms with E-state index >= 15 is 0 Å². The van der Waals surface area contributed by atoms with Crippen molar-refractivity contribution in [3.05, 3.63) is 10.6 Å². The quantitative estimate of drug-likeness (QED) is 0.886. The van der Waals surface area contributed by atoms with E-state index in [-0.39, 0.29) is 0 Å². The molecule has 3 atom stereocenters. The first-order valence-electron chi connectivity index (χ1n) is 7.24. The summed E-state index contributed by atoms with van der Waals surface area (Å²) in [5.41, 5.74) is 1.22. The van der Waals surface area contributed by atoms with Crippen molar-refractivity contribution >= 4 is 11.5 Å². The third-order valence-corrected chi connectivity index (χ3v) is 4.96. The molecule has 1 aliphatic rings. The topological polar surface area (TPSA) is 37.8 Å². The maximum Gasteiger partial charge on any atom is 0.0803 e. The summed E-state index contributed by atoms with van der Waals surface area (Å²) in [6, 6.07) is 0.467. The summed E-state index contributed by atoms with van der Waals surface area (Å²) in [5.74, 6) is 1.63. The Bertz CT molecular complexity index is 364. The number of rotatable bonds is 5. The number of aryl methyl sites for hydroxylation is 1. The molecule has 0 radical (unpaired) electrons. The molecule has 18 heavy (non-hydrogen) atoms. The molecule has 1 heterocycles. The van der Waals surface area contributed by atoms with Gasteiger partial charge in [0, 0.05) is 6.04 Å². The van der Waals surface area contributed by atoms with E-state index in [9.17, 15) is 0 Å². The summed E-state index contributed by atoms with van der Waals surface area (Å²) in [4.78, 5) is 1.39. The van der Waals surface area contributed by atoms with Gasteiger partial charge in [0.2, 0.25) is 0 Å².